The molecule has 0 saturated carbocycles. The Balaban J connectivity index is 0.000000810. The standard InChI is InChI=1S/C16H16.Li.H/c1-12-10-14-8-5-9-15(16(14)11-12)13-6-3-2-4-7-13;;/h2-9,12H,10-11H2,1H3;;/q;+1;-1. The molecular weight excluding hydrogens is 199 g/mol. The van der Waals surface area contributed by atoms with Gasteiger partial charge in [-0.05, 0) is 41.0 Å². The maximum absolute atomic E-state index is 2.34. The Bertz CT molecular complexity index is 508. The van der Waals surface area contributed by atoms with Crippen LogP contribution in [0.4, 0.5) is 0 Å². The second kappa shape index (κ2) is 5.13. The van der Waals surface area contributed by atoms with Crippen LogP contribution in [0.3, 0.4) is 0 Å². The van der Waals surface area contributed by atoms with Crippen LogP contribution in [0.1, 0.15) is 19.5 Å². The van der Waals surface area contributed by atoms with Gasteiger partial charge in [0, 0.05) is 0 Å². The van der Waals surface area contributed by atoms with E-state index in [0.29, 0.717) is 0 Å². The fraction of sp³-hybridized carbons (Fsp3) is 0.250. The van der Waals surface area contributed by atoms with E-state index in [2.05, 4.69) is 55.5 Å². The average Bonchev–Trinajstić information content (AvgIpc) is 2.70. The topological polar surface area (TPSA) is 0 Å². The minimum absolute atomic E-state index is 0. The monoisotopic (exact) mass is 216 g/mol. The van der Waals surface area contributed by atoms with Crippen molar-refractivity contribution in [2.45, 2.75) is 19.8 Å². The van der Waals surface area contributed by atoms with Gasteiger partial charge in [-0.2, -0.15) is 0 Å². The van der Waals surface area contributed by atoms with Gasteiger partial charge in [-0.1, -0.05) is 55.5 Å². The van der Waals surface area contributed by atoms with Crippen LogP contribution in [-0.2, 0) is 12.8 Å². The Morgan fingerprint density at radius 1 is 0.941 bits per heavy atom. The first kappa shape index (κ1) is 12.5. The normalized spacial score (nSPS) is 17.4. The van der Waals surface area contributed by atoms with E-state index in [-0.39, 0.29) is 20.3 Å². The SMILES string of the molecule is CC1Cc2cccc(-c3ccccc3)c2C1.[H-].[Li+]. The maximum Gasteiger partial charge on any atom is 1.00 e. The van der Waals surface area contributed by atoms with E-state index in [0.717, 1.165) is 5.92 Å². The van der Waals surface area contributed by atoms with Crippen molar-refractivity contribution in [1.82, 2.24) is 0 Å². The molecule has 1 aliphatic carbocycles. The third kappa shape index (κ3) is 2.34. The third-order valence-electron chi connectivity index (χ3n) is 3.48. The summed E-state index contributed by atoms with van der Waals surface area (Å²) in [6.45, 7) is 2.34. The van der Waals surface area contributed by atoms with Gasteiger partial charge in [0.25, 0.3) is 0 Å². The molecular formula is C16H17Li. The van der Waals surface area contributed by atoms with Crippen LogP contribution in [-0.4, -0.2) is 0 Å². The molecule has 0 radical (unpaired) electrons. The summed E-state index contributed by atoms with van der Waals surface area (Å²) in [5, 5.41) is 0. The molecule has 1 heteroatoms. The Labute approximate surface area is 117 Å². The minimum atomic E-state index is 0. The summed E-state index contributed by atoms with van der Waals surface area (Å²) in [5.41, 5.74) is 5.91. The molecule has 2 aromatic carbocycles. The Morgan fingerprint density at radius 3 is 2.47 bits per heavy atom. The van der Waals surface area contributed by atoms with E-state index in [1.807, 2.05) is 0 Å². The van der Waals surface area contributed by atoms with Crippen molar-refractivity contribution in [3.05, 3.63) is 59.7 Å². The van der Waals surface area contributed by atoms with Gasteiger partial charge in [0.2, 0.25) is 0 Å². The molecule has 0 bridgehead atoms. The first-order valence-corrected chi connectivity index (χ1v) is 6.01. The van der Waals surface area contributed by atoms with Crippen molar-refractivity contribution in [1.29, 1.82) is 0 Å². The van der Waals surface area contributed by atoms with Crippen LogP contribution in [0.5, 0.6) is 0 Å². The summed E-state index contributed by atoms with van der Waals surface area (Å²) >= 11 is 0. The minimum Gasteiger partial charge on any atom is -1.00 e. The van der Waals surface area contributed by atoms with Crippen molar-refractivity contribution in [2.24, 2.45) is 5.92 Å². The van der Waals surface area contributed by atoms with Crippen molar-refractivity contribution in [2.75, 3.05) is 0 Å². The van der Waals surface area contributed by atoms with Crippen molar-refractivity contribution < 1.29 is 20.3 Å². The molecule has 0 N–H and O–H groups in total. The molecule has 3 rings (SSSR count). The van der Waals surface area contributed by atoms with E-state index in [1.54, 1.807) is 11.1 Å². The van der Waals surface area contributed by atoms with Gasteiger partial charge in [0.15, 0.2) is 0 Å². The predicted octanol–water partition coefficient (Wildman–Crippen LogP) is 1.20. The van der Waals surface area contributed by atoms with Gasteiger partial charge < -0.3 is 1.43 Å². The molecule has 1 atom stereocenters. The molecule has 0 amide bonds. The van der Waals surface area contributed by atoms with Crippen molar-refractivity contribution in [3.8, 4) is 11.1 Å². The molecule has 0 spiro atoms. The van der Waals surface area contributed by atoms with E-state index in [4.69, 9.17) is 0 Å². The Hall–Kier alpha value is -0.963. The summed E-state index contributed by atoms with van der Waals surface area (Å²) in [5.74, 6) is 0.805. The molecule has 2 aromatic rings. The predicted molar refractivity (Wildman–Crippen MR) is 69.6 cm³/mol. The number of rotatable bonds is 1. The second-order valence-corrected chi connectivity index (χ2v) is 4.82. The zero-order valence-corrected chi connectivity index (χ0v) is 10.6. The van der Waals surface area contributed by atoms with Crippen LogP contribution in [0, 0.1) is 5.92 Å². The molecule has 0 aliphatic heterocycles. The fourth-order valence-corrected chi connectivity index (χ4v) is 2.75. The first-order valence-electron chi connectivity index (χ1n) is 6.01. The fourth-order valence-electron chi connectivity index (χ4n) is 2.75. The van der Waals surface area contributed by atoms with Crippen molar-refractivity contribution >= 4 is 0 Å². The molecule has 0 fully saturated rings. The molecule has 0 nitrogen and oxygen atoms in total. The van der Waals surface area contributed by atoms with Gasteiger partial charge >= 0.3 is 18.9 Å². The summed E-state index contributed by atoms with van der Waals surface area (Å²) in [4.78, 5) is 0. The van der Waals surface area contributed by atoms with Crippen LogP contribution in [0.2, 0.25) is 0 Å². The van der Waals surface area contributed by atoms with Gasteiger partial charge in [-0.25, -0.2) is 0 Å². The van der Waals surface area contributed by atoms with E-state index < -0.39 is 0 Å². The summed E-state index contributed by atoms with van der Waals surface area (Å²) < 4.78 is 0. The number of benzene rings is 2. The third-order valence-corrected chi connectivity index (χ3v) is 3.48. The Kier molecular flexibility index (Phi) is 3.77. The molecule has 0 saturated heterocycles. The molecule has 17 heavy (non-hydrogen) atoms. The number of hydrogen-bond donors (Lipinski definition) is 0. The molecule has 0 aromatic heterocycles. The van der Waals surface area contributed by atoms with Crippen LogP contribution in [0.25, 0.3) is 11.1 Å². The summed E-state index contributed by atoms with van der Waals surface area (Å²) in [6, 6.07) is 17.5. The van der Waals surface area contributed by atoms with Crippen LogP contribution < -0.4 is 18.9 Å². The zero-order chi connectivity index (χ0) is 11.0. The Morgan fingerprint density at radius 2 is 1.71 bits per heavy atom. The maximum atomic E-state index is 2.34. The van der Waals surface area contributed by atoms with Gasteiger partial charge in [-0.15, -0.1) is 0 Å². The second-order valence-electron chi connectivity index (χ2n) is 4.82. The quantitative estimate of drug-likeness (QED) is 0.628. The van der Waals surface area contributed by atoms with Gasteiger partial charge in [0.1, 0.15) is 0 Å². The summed E-state index contributed by atoms with van der Waals surface area (Å²) in [7, 11) is 0. The van der Waals surface area contributed by atoms with E-state index in [9.17, 15) is 0 Å². The van der Waals surface area contributed by atoms with Crippen LogP contribution >= 0.6 is 0 Å². The molecule has 0 heterocycles. The van der Waals surface area contributed by atoms with Crippen molar-refractivity contribution in [3.63, 3.8) is 0 Å². The molecule has 1 aliphatic rings. The summed E-state index contributed by atoms with van der Waals surface area (Å²) in [6.07, 6.45) is 2.48. The van der Waals surface area contributed by atoms with E-state index in [1.165, 1.54) is 24.0 Å². The smallest absolute Gasteiger partial charge is 1.00 e. The first-order chi connectivity index (χ1) is 7.84. The molecule has 82 valence electrons. The van der Waals surface area contributed by atoms with Crippen LogP contribution in [0.15, 0.2) is 48.5 Å². The van der Waals surface area contributed by atoms with Gasteiger partial charge in [-0.3, -0.25) is 0 Å². The number of fused-ring (bicyclic) bond motifs is 1. The molecule has 1 unspecified atom stereocenters. The number of hydrogen-bond acceptors (Lipinski definition) is 0. The largest absolute Gasteiger partial charge is 1.00 e. The van der Waals surface area contributed by atoms with E-state index >= 15 is 0 Å². The average molecular weight is 216 g/mol. The van der Waals surface area contributed by atoms with Gasteiger partial charge in [0.05, 0.1) is 0 Å². The zero-order valence-electron chi connectivity index (χ0n) is 11.6.